The fourth-order valence-corrected chi connectivity index (χ4v) is 2.94. The zero-order valence-corrected chi connectivity index (χ0v) is 14.9. The molecule has 0 aliphatic rings. The Morgan fingerprint density at radius 1 is 1.16 bits per heavy atom. The molecule has 0 aliphatic heterocycles. The quantitative estimate of drug-likeness (QED) is 0.685. The third-order valence-corrected chi connectivity index (χ3v) is 4.35. The van der Waals surface area contributed by atoms with Gasteiger partial charge in [-0.05, 0) is 62.2 Å². The molecule has 0 unspecified atom stereocenters. The summed E-state index contributed by atoms with van der Waals surface area (Å²) in [6.07, 6.45) is 1.87. The molecule has 1 N–H and O–H groups in total. The van der Waals surface area contributed by atoms with E-state index < -0.39 is 0 Å². The highest BCUT2D eigenvalue weighted by molar-refractivity contribution is 5.90. The van der Waals surface area contributed by atoms with E-state index in [1.807, 2.05) is 43.3 Å². The summed E-state index contributed by atoms with van der Waals surface area (Å²) in [7, 11) is 0. The minimum absolute atomic E-state index is 0.532. The van der Waals surface area contributed by atoms with Crippen molar-refractivity contribution in [3.8, 4) is 6.07 Å². The maximum absolute atomic E-state index is 9.55. The van der Waals surface area contributed by atoms with Crippen LogP contribution in [0, 0.1) is 18.3 Å². The highest BCUT2D eigenvalue weighted by Gasteiger charge is 2.08. The number of benzene rings is 2. The Morgan fingerprint density at radius 2 is 1.88 bits per heavy atom. The van der Waals surface area contributed by atoms with Gasteiger partial charge in [-0.3, -0.25) is 0 Å². The van der Waals surface area contributed by atoms with Crippen LogP contribution >= 0.6 is 0 Å². The molecule has 1 aromatic heterocycles. The van der Waals surface area contributed by atoms with E-state index in [2.05, 4.69) is 46.9 Å². The number of aromatic amines is 1. The summed E-state index contributed by atoms with van der Waals surface area (Å²) in [6.45, 7) is 8.29. The number of nitrogens with zero attached hydrogens (tertiary/aromatic N) is 3. The molecule has 0 aliphatic carbocycles. The second-order valence-electron chi connectivity index (χ2n) is 6.04. The van der Waals surface area contributed by atoms with Crippen molar-refractivity contribution in [2.45, 2.75) is 20.8 Å². The van der Waals surface area contributed by atoms with E-state index in [0.717, 1.165) is 35.2 Å². The largest absolute Gasteiger partial charge is 0.372 e. The van der Waals surface area contributed by atoms with Crippen LogP contribution in [0.4, 0.5) is 5.69 Å². The van der Waals surface area contributed by atoms with Gasteiger partial charge in [-0.15, -0.1) is 0 Å². The third kappa shape index (κ3) is 3.56. The van der Waals surface area contributed by atoms with E-state index in [1.54, 1.807) is 0 Å². The van der Waals surface area contributed by atoms with Crippen LogP contribution in [-0.4, -0.2) is 23.1 Å². The lowest BCUT2D eigenvalue weighted by atomic mass is 10.1. The van der Waals surface area contributed by atoms with Gasteiger partial charge in [0.15, 0.2) is 0 Å². The van der Waals surface area contributed by atoms with Crippen LogP contribution < -0.4 is 4.90 Å². The van der Waals surface area contributed by atoms with Crippen LogP contribution in [0.5, 0.6) is 0 Å². The summed E-state index contributed by atoms with van der Waals surface area (Å²) in [5.41, 5.74) is 5.71. The van der Waals surface area contributed by atoms with Crippen LogP contribution in [-0.2, 0) is 0 Å². The molecular weight excluding hydrogens is 308 g/mol. The maximum Gasteiger partial charge on any atom is 0.149 e. The van der Waals surface area contributed by atoms with Crippen molar-refractivity contribution in [1.29, 1.82) is 5.26 Å². The number of allylic oxidation sites excluding steroid dienone is 1. The number of rotatable bonds is 5. The van der Waals surface area contributed by atoms with Gasteiger partial charge in [-0.1, -0.05) is 18.2 Å². The van der Waals surface area contributed by atoms with Crippen LogP contribution in [0.25, 0.3) is 22.7 Å². The smallest absolute Gasteiger partial charge is 0.149 e. The van der Waals surface area contributed by atoms with Crippen molar-refractivity contribution in [3.05, 3.63) is 59.4 Å². The predicted molar refractivity (Wildman–Crippen MR) is 104 cm³/mol. The first-order valence-corrected chi connectivity index (χ1v) is 8.58. The van der Waals surface area contributed by atoms with Crippen LogP contribution in [0.2, 0.25) is 0 Å². The van der Waals surface area contributed by atoms with Gasteiger partial charge in [0.05, 0.1) is 16.6 Å². The lowest BCUT2D eigenvalue weighted by Gasteiger charge is -2.20. The highest BCUT2D eigenvalue weighted by Crippen LogP contribution is 2.21. The Bertz CT molecular complexity index is 938. The maximum atomic E-state index is 9.55. The minimum Gasteiger partial charge on any atom is -0.372 e. The molecule has 3 rings (SSSR count). The summed E-state index contributed by atoms with van der Waals surface area (Å²) >= 11 is 0. The number of imidazole rings is 1. The fourth-order valence-electron chi connectivity index (χ4n) is 2.94. The first-order valence-electron chi connectivity index (χ1n) is 8.58. The monoisotopic (exact) mass is 330 g/mol. The van der Waals surface area contributed by atoms with Gasteiger partial charge in [-0.2, -0.15) is 5.26 Å². The van der Waals surface area contributed by atoms with E-state index in [4.69, 9.17) is 0 Å². The molecule has 0 saturated carbocycles. The first-order chi connectivity index (χ1) is 12.1. The Morgan fingerprint density at radius 3 is 2.52 bits per heavy atom. The van der Waals surface area contributed by atoms with Gasteiger partial charge in [0.1, 0.15) is 11.9 Å². The molecule has 0 spiro atoms. The van der Waals surface area contributed by atoms with Crippen molar-refractivity contribution in [1.82, 2.24) is 9.97 Å². The summed E-state index contributed by atoms with van der Waals surface area (Å²) in [5, 5.41) is 9.55. The summed E-state index contributed by atoms with van der Waals surface area (Å²) in [4.78, 5) is 10.1. The molecule has 4 nitrogen and oxygen atoms in total. The summed E-state index contributed by atoms with van der Waals surface area (Å²) in [6, 6.07) is 16.6. The van der Waals surface area contributed by atoms with Crippen LogP contribution in [0.3, 0.4) is 0 Å². The van der Waals surface area contributed by atoms with E-state index in [1.165, 1.54) is 5.69 Å². The van der Waals surface area contributed by atoms with Crippen LogP contribution in [0.15, 0.2) is 42.5 Å². The Kier molecular flexibility index (Phi) is 4.85. The average Bonchev–Trinajstić information content (AvgIpc) is 3.04. The summed E-state index contributed by atoms with van der Waals surface area (Å²) < 4.78 is 0. The topological polar surface area (TPSA) is 55.7 Å². The van der Waals surface area contributed by atoms with Gasteiger partial charge >= 0.3 is 0 Å². The van der Waals surface area contributed by atoms with Gasteiger partial charge in [0.25, 0.3) is 0 Å². The molecule has 126 valence electrons. The van der Waals surface area contributed by atoms with E-state index in [9.17, 15) is 5.26 Å². The lowest BCUT2D eigenvalue weighted by molar-refractivity contribution is 0.866. The molecule has 4 heteroatoms. The normalized spacial score (nSPS) is 11.5. The van der Waals surface area contributed by atoms with Crippen molar-refractivity contribution in [2.24, 2.45) is 0 Å². The number of hydrogen-bond acceptors (Lipinski definition) is 3. The van der Waals surface area contributed by atoms with E-state index >= 15 is 0 Å². The first kappa shape index (κ1) is 16.8. The Labute approximate surface area is 148 Å². The number of anilines is 1. The van der Waals surface area contributed by atoms with Gasteiger partial charge in [-0.25, -0.2) is 4.98 Å². The number of nitrogens with one attached hydrogen (secondary N) is 1. The van der Waals surface area contributed by atoms with Gasteiger partial charge in [0.2, 0.25) is 0 Å². The van der Waals surface area contributed by atoms with Crippen molar-refractivity contribution in [2.75, 3.05) is 18.0 Å². The molecule has 0 amide bonds. The number of fused-ring (bicyclic) bond motifs is 1. The SMILES string of the molecule is CCN(CC)c1ccc(/C=C(\C#N)c2nc3ccc(C)cc3[nH]2)cc1. The van der Waals surface area contributed by atoms with Gasteiger partial charge in [0, 0.05) is 18.8 Å². The van der Waals surface area contributed by atoms with E-state index in [0.29, 0.717) is 11.4 Å². The molecule has 0 fully saturated rings. The molecule has 25 heavy (non-hydrogen) atoms. The number of hydrogen-bond donors (Lipinski definition) is 1. The number of nitriles is 1. The standard InChI is InChI=1S/C21H22N4/c1-4-25(5-2)18-9-7-16(8-10-18)13-17(14-22)21-23-19-11-6-15(3)12-20(19)24-21/h6-13H,4-5H2,1-3H3,(H,23,24)/b17-13+. The number of aromatic nitrogens is 2. The van der Waals surface area contributed by atoms with E-state index in [-0.39, 0.29) is 0 Å². The van der Waals surface area contributed by atoms with Crippen molar-refractivity contribution < 1.29 is 0 Å². The Balaban J connectivity index is 1.92. The highest BCUT2D eigenvalue weighted by atomic mass is 15.1. The average molecular weight is 330 g/mol. The molecule has 0 saturated heterocycles. The zero-order valence-electron chi connectivity index (χ0n) is 14.9. The molecule has 3 aromatic rings. The molecule has 2 aromatic carbocycles. The molecule has 0 bridgehead atoms. The molecule has 0 atom stereocenters. The van der Waals surface area contributed by atoms with Crippen LogP contribution in [0.1, 0.15) is 30.8 Å². The lowest BCUT2D eigenvalue weighted by Crippen LogP contribution is -2.21. The number of aryl methyl sites for hydroxylation is 1. The molecule has 1 heterocycles. The third-order valence-electron chi connectivity index (χ3n) is 4.35. The second kappa shape index (κ2) is 7.23. The fraction of sp³-hybridized carbons (Fsp3) is 0.238. The molecular formula is C21H22N4. The van der Waals surface area contributed by atoms with Crippen molar-refractivity contribution >= 4 is 28.4 Å². The van der Waals surface area contributed by atoms with Crippen molar-refractivity contribution in [3.63, 3.8) is 0 Å². The molecule has 0 radical (unpaired) electrons. The second-order valence-corrected chi connectivity index (χ2v) is 6.04. The number of H-pyrrole nitrogens is 1. The predicted octanol–water partition coefficient (Wildman–Crippen LogP) is 4.78. The van der Waals surface area contributed by atoms with Gasteiger partial charge < -0.3 is 9.88 Å². The minimum atomic E-state index is 0.532. The Hall–Kier alpha value is -3.06. The zero-order chi connectivity index (χ0) is 17.8. The summed E-state index contributed by atoms with van der Waals surface area (Å²) in [5.74, 6) is 0.607.